The average molecular weight is 310 g/mol. The van der Waals surface area contributed by atoms with Crippen LogP contribution in [0.5, 0.6) is 5.75 Å². The summed E-state index contributed by atoms with van der Waals surface area (Å²) in [6.07, 6.45) is 8.59. The van der Waals surface area contributed by atoms with Crippen LogP contribution in [0.4, 0.5) is 6.01 Å². The van der Waals surface area contributed by atoms with Crippen molar-refractivity contribution in [1.82, 2.24) is 15.0 Å². The van der Waals surface area contributed by atoms with Crippen LogP contribution in [0.3, 0.4) is 0 Å². The molecule has 1 fully saturated rings. The van der Waals surface area contributed by atoms with Gasteiger partial charge in [-0.3, -0.25) is 4.98 Å². The number of aromatic nitrogens is 3. The molecular weight excluding hydrogens is 292 g/mol. The van der Waals surface area contributed by atoms with Crippen molar-refractivity contribution in [3.8, 4) is 5.75 Å². The number of pyridine rings is 2. The van der Waals surface area contributed by atoms with Gasteiger partial charge in [0.25, 0.3) is 6.01 Å². The summed E-state index contributed by atoms with van der Waals surface area (Å²) in [6.45, 7) is 1.52. The maximum Gasteiger partial charge on any atom is 0.300 e. The summed E-state index contributed by atoms with van der Waals surface area (Å²) in [5.74, 6) is 0.789. The van der Waals surface area contributed by atoms with E-state index < -0.39 is 0 Å². The second kappa shape index (κ2) is 6.24. The summed E-state index contributed by atoms with van der Waals surface area (Å²) in [7, 11) is 0. The van der Waals surface area contributed by atoms with Crippen molar-refractivity contribution in [2.75, 3.05) is 18.1 Å². The summed E-state index contributed by atoms with van der Waals surface area (Å²) < 4.78 is 11.8. The zero-order chi connectivity index (χ0) is 15.5. The molecular formula is C17H18N4O2. The Kier molecular flexibility index (Phi) is 3.80. The molecule has 1 aliphatic heterocycles. The molecule has 4 heterocycles. The molecule has 0 aliphatic carbocycles. The van der Waals surface area contributed by atoms with Crippen molar-refractivity contribution in [2.24, 2.45) is 0 Å². The first kappa shape index (κ1) is 14.0. The lowest BCUT2D eigenvalue weighted by atomic mass is 10.0. The summed E-state index contributed by atoms with van der Waals surface area (Å²) in [6, 6.07) is 8.43. The van der Waals surface area contributed by atoms with Crippen molar-refractivity contribution in [3.63, 3.8) is 0 Å². The van der Waals surface area contributed by atoms with Crippen LogP contribution in [0.15, 0.2) is 47.3 Å². The van der Waals surface area contributed by atoms with Gasteiger partial charge in [-0.15, -0.1) is 0 Å². The van der Waals surface area contributed by atoms with Gasteiger partial charge in [0, 0.05) is 18.9 Å². The first-order chi connectivity index (χ1) is 11.4. The molecule has 6 heteroatoms. The monoisotopic (exact) mass is 310 g/mol. The van der Waals surface area contributed by atoms with Gasteiger partial charge in [0.15, 0.2) is 5.58 Å². The molecule has 118 valence electrons. The highest BCUT2D eigenvalue weighted by atomic mass is 16.5. The third kappa shape index (κ3) is 2.97. The van der Waals surface area contributed by atoms with Crippen LogP contribution in [-0.2, 0) is 0 Å². The van der Waals surface area contributed by atoms with E-state index in [9.17, 15) is 0 Å². The number of rotatable bonds is 4. The molecule has 1 saturated heterocycles. The van der Waals surface area contributed by atoms with Crippen LogP contribution in [-0.4, -0.2) is 34.1 Å². The van der Waals surface area contributed by atoms with Gasteiger partial charge in [-0.2, -0.15) is 4.98 Å². The second-order valence-electron chi connectivity index (χ2n) is 5.66. The molecule has 0 N–H and O–H groups in total. The van der Waals surface area contributed by atoms with E-state index in [1.165, 1.54) is 6.42 Å². The van der Waals surface area contributed by atoms with Crippen molar-refractivity contribution in [3.05, 3.63) is 42.9 Å². The van der Waals surface area contributed by atoms with Crippen LogP contribution >= 0.6 is 0 Å². The van der Waals surface area contributed by atoms with Crippen LogP contribution in [0.1, 0.15) is 19.3 Å². The zero-order valence-corrected chi connectivity index (χ0v) is 12.8. The van der Waals surface area contributed by atoms with E-state index in [-0.39, 0.29) is 6.04 Å². The highest BCUT2D eigenvalue weighted by Crippen LogP contribution is 2.27. The minimum Gasteiger partial charge on any atom is -0.490 e. The second-order valence-corrected chi connectivity index (χ2v) is 5.66. The molecule has 3 aromatic heterocycles. The van der Waals surface area contributed by atoms with E-state index in [4.69, 9.17) is 9.15 Å². The first-order valence-electron chi connectivity index (χ1n) is 7.91. The molecule has 3 aromatic rings. The third-order valence-corrected chi connectivity index (χ3v) is 4.10. The lowest BCUT2D eigenvalue weighted by Crippen LogP contribution is -2.43. The molecule has 0 aromatic carbocycles. The minimum atomic E-state index is 0.247. The Morgan fingerprint density at radius 1 is 1.22 bits per heavy atom. The quantitative estimate of drug-likeness (QED) is 0.738. The number of ether oxygens (including phenoxy) is 1. The largest absolute Gasteiger partial charge is 0.490 e. The van der Waals surface area contributed by atoms with Crippen LogP contribution in [0, 0.1) is 0 Å². The van der Waals surface area contributed by atoms with E-state index in [2.05, 4.69) is 19.9 Å². The maximum absolute atomic E-state index is 5.88. The Labute approximate surface area is 134 Å². The van der Waals surface area contributed by atoms with Crippen molar-refractivity contribution in [2.45, 2.75) is 25.3 Å². The van der Waals surface area contributed by atoms with Gasteiger partial charge in [-0.1, -0.05) is 0 Å². The van der Waals surface area contributed by atoms with Gasteiger partial charge in [0.2, 0.25) is 5.65 Å². The molecule has 23 heavy (non-hydrogen) atoms. The molecule has 0 radical (unpaired) electrons. The number of oxazole rings is 1. The fraction of sp³-hybridized carbons (Fsp3) is 0.353. The molecule has 1 aliphatic rings. The molecule has 0 bridgehead atoms. The fourth-order valence-corrected chi connectivity index (χ4v) is 2.93. The van der Waals surface area contributed by atoms with Crippen molar-refractivity contribution >= 4 is 17.2 Å². The van der Waals surface area contributed by atoms with Gasteiger partial charge in [0.05, 0.1) is 12.2 Å². The Morgan fingerprint density at radius 3 is 3.04 bits per heavy atom. The van der Waals surface area contributed by atoms with E-state index >= 15 is 0 Å². The number of hydrogen-bond donors (Lipinski definition) is 0. The van der Waals surface area contributed by atoms with E-state index in [0.717, 1.165) is 30.7 Å². The minimum absolute atomic E-state index is 0.247. The number of piperidine rings is 1. The van der Waals surface area contributed by atoms with Gasteiger partial charge in [-0.05, 0) is 43.5 Å². The normalized spacial score (nSPS) is 18.3. The van der Waals surface area contributed by atoms with Gasteiger partial charge < -0.3 is 14.1 Å². The van der Waals surface area contributed by atoms with Crippen LogP contribution in [0.2, 0.25) is 0 Å². The SMILES string of the molecule is c1cncc(OCC2CCCCN2c2nc3ncccc3o2)c1. The number of nitrogens with zero attached hydrogens (tertiary/aromatic N) is 4. The number of anilines is 1. The summed E-state index contributed by atoms with van der Waals surface area (Å²) >= 11 is 0. The molecule has 1 unspecified atom stereocenters. The van der Waals surface area contributed by atoms with Crippen LogP contribution < -0.4 is 9.64 Å². The number of fused-ring (bicyclic) bond motifs is 1. The smallest absolute Gasteiger partial charge is 0.300 e. The Bertz CT molecular complexity index is 741. The average Bonchev–Trinajstić information content (AvgIpc) is 3.05. The summed E-state index contributed by atoms with van der Waals surface area (Å²) in [5.41, 5.74) is 1.38. The first-order valence-corrected chi connectivity index (χ1v) is 7.91. The molecule has 6 nitrogen and oxygen atoms in total. The van der Waals surface area contributed by atoms with Gasteiger partial charge in [-0.25, -0.2) is 4.98 Å². The standard InChI is InChI=1S/C17H18N4O2/c1-2-10-21(17-20-16-15(23-17)7-4-9-19-16)13(5-1)12-22-14-6-3-8-18-11-14/h3-4,6-9,11,13H,1-2,5,10,12H2. The Balaban J connectivity index is 1.53. The third-order valence-electron chi connectivity index (χ3n) is 4.10. The lowest BCUT2D eigenvalue weighted by molar-refractivity contribution is 0.254. The number of hydrogen-bond acceptors (Lipinski definition) is 6. The Morgan fingerprint density at radius 2 is 2.17 bits per heavy atom. The molecule has 1 atom stereocenters. The van der Waals surface area contributed by atoms with Crippen molar-refractivity contribution in [1.29, 1.82) is 0 Å². The molecule has 0 amide bonds. The van der Waals surface area contributed by atoms with Crippen molar-refractivity contribution < 1.29 is 9.15 Å². The van der Waals surface area contributed by atoms with Crippen LogP contribution in [0.25, 0.3) is 11.2 Å². The predicted molar refractivity (Wildman–Crippen MR) is 86.5 cm³/mol. The summed E-state index contributed by atoms with van der Waals surface area (Å²) in [4.78, 5) is 15.0. The molecule has 4 rings (SSSR count). The van der Waals surface area contributed by atoms with Gasteiger partial charge in [0.1, 0.15) is 12.4 Å². The zero-order valence-electron chi connectivity index (χ0n) is 12.8. The molecule has 0 spiro atoms. The lowest BCUT2D eigenvalue weighted by Gasteiger charge is -2.34. The van der Waals surface area contributed by atoms with E-state index in [1.54, 1.807) is 18.6 Å². The highest BCUT2D eigenvalue weighted by Gasteiger charge is 2.27. The predicted octanol–water partition coefficient (Wildman–Crippen LogP) is 3.06. The Hall–Kier alpha value is -2.63. The summed E-state index contributed by atoms with van der Waals surface area (Å²) in [5, 5.41) is 0. The van der Waals surface area contributed by atoms with E-state index in [0.29, 0.717) is 18.3 Å². The van der Waals surface area contributed by atoms with Gasteiger partial charge >= 0.3 is 0 Å². The van der Waals surface area contributed by atoms with E-state index in [1.807, 2.05) is 24.3 Å². The highest BCUT2D eigenvalue weighted by molar-refractivity contribution is 5.69. The molecule has 0 saturated carbocycles. The topological polar surface area (TPSA) is 64.3 Å². The maximum atomic E-state index is 5.88. The fourth-order valence-electron chi connectivity index (χ4n) is 2.93.